The second-order valence-corrected chi connectivity index (χ2v) is 8.16. The second kappa shape index (κ2) is 8.54. The van der Waals surface area contributed by atoms with E-state index in [9.17, 15) is 29.4 Å². The van der Waals surface area contributed by atoms with Crippen molar-refractivity contribution in [3.05, 3.63) is 75.2 Å². The van der Waals surface area contributed by atoms with E-state index in [-0.39, 0.29) is 33.8 Å². The lowest BCUT2D eigenvalue weighted by atomic mass is 9.91. The number of azo groups is 1. The molecule has 0 aliphatic rings. The molecule has 0 spiro atoms. The van der Waals surface area contributed by atoms with E-state index in [1.807, 2.05) is 20.8 Å². The molecule has 3 aromatic rings. The summed E-state index contributed by atoms with van der Waals surface area (Å²) in [6, 6.07) is 9.01. The Morgan fingerprint density at radius 1 is 0.848 bits per heavy atom. The number of nitrogens with zero attached hydrogens (tertiary/aromatic N) is 3. The minimum absolute atomic E-state index is 0.000611. The quantitative estimate of drug-likeness (QED) is 0.409. The number of rotatable bonds is 6. The molecule has 3 rings (SSSR count). The molecule has 1 aromatic heterocycles. The molecule has 0 radical (unpaired) electrons. The number of H-pyrrole nitrogens is 1. The number of hydrogen-bond donors (Lipinski definition) is 4. The molecular weight excluding hydrogens is 432 g/mol. The van der Waals surface area contributed by atoms with Crippen LogP contribution in [0.15, 0.2) is 57.5 Å². The second-order valence-electron chi connectivity index (χ2n) is 8.16. The van der Waals surface area contributed by atoms with Gasteiger partial charge >= 0.3 is 17.9 Å². The standard InChI is InChI=1S/C22H20N4O7/c1-22(2,3)17-16(24-23-14-6-4-5-11(8-14)19(28)29)18(27)26(25-17)15-9-12(20(30)31)7-13(10-15)21(32)33/h4-10,25H,1-3H3,(H,28,29)(H,30,31)(H,32,33). The fraction of sp³-hybridized carbons (Fsp3) is 0.182. The number of nitrogens with one attached hydrogen (secondary N) is 1. The first kappa shape index (κ1) is 23.1. The van der Waals surface area contributed by atoms with Crippen LogP contribution in [0.25, 0.3) is 5.69 Å². The van der Waals surface area contributed by atoms with Crippen molar-refractivity contribution in [3.8, 4) is 5.69 Å². The van der Waals surface area contributed by atoms with Crippen LogP contribution >= 0.6 is 0 Å². The SMILES string of the molecule is CC(C)(C)c1[nH]n(-c2cc(C(=O)O)cc(C(=O)O)c2)c(=O)c1N=Nc1cccc(C(=O)O)c1. The molecule has 33 heavy (non-hydrogen) atoms. The van der Waals surface area contributed by atoms with Crippen LogP contribution in [0.5, 0.6) is 0 Å². The van der Waals surface area contributed by atoms with Crippen molar-refractivity contribution < 1.29 is 29.7 Å². The van der Waals surface area contributed by atoms with Crippen LogP contribution in [0.3, 0.4) is 0 Å². The summed E-state index contributed by atoms with van der Waals surface area (Å²) in [5.41, 5.74) is -1.43. The fourth-order valence-corrected chi connectivity index (χ4v) is 3.02. The molecule has 0 saturated heterocycles. The van der Waals surface area contributed by atoms with Gasteiger partial charge in [0.25, 0.3) is 5.56 Å². The number of aromatic amines is 1. The van der Waals surface area contributed by atoms with Crippen LogP contribution in [0, 0.1) is 0 Å². The van der Waals surface area contributed by atoms with Crippen LogP contribution in [-0.2, 0) is 5.41 Å². The van der Waals surface area contributed by atoms with Gasteiger partial charge in [-0.3, -0.25) is 9.89 Å². The first-order chi connectivity index (χ1) is 15.4. The molecule has 0 aliphatic heterocycles. The number of aromatic nitrogens is 2. The first-order valence-corrected chi connectivity index (χ1v) is 9.61. The Kier molecular flexibility index (Phi) is 5.98. The van der Waals surface area contributed by atoms with Gasteiger partial charge in [-0.05, 0) is 36.4 Å². The van der Waals surface area contributed by atoms with Gasteiger partial charge in [0.15, 0.2) is 5.69 Å². The fourth-order valence-electron chi connectivity index (χ4n) is 3.02. The van der Waals surface area contributed by atoms with Gasteiger partial charge in [-0.25, -0.2) is 19.1 Å². The van der Waals surface area contributed by atoms with E-state index in [0.29, 0.717) is 5.69 Å². The summed E-state index contributed by atoms with van der Waals surface area (Å²) in [5, 5.41) is 38.7. The van der Waals surface area contributed by atoms with Crippen LogP contribution in [-0.4, -0.2) is 43.0 Å². The molecule has 11 heteroatoms. The first-order valence-electron chi connectivity index (χ1n) is 9.61. The third-order valence-electron chi connectivity index (χ3n) is 4.64. The number of hydrogen-bond acceptors (Lipinski definition) is 6. The average Bonchev–Trinajstić information content (AvgIpc) is 3.08. The highest BCUT2D eigenvalue weighted by atomic mass is 16.4. The molecule has 0 aliphatic carbocycles. The van der Waals surface area contributed by atoms with Crippen molar-refractivity contribution >= 4 is 29.3 Å². The zero-order valence-corrected chi connectivity index (χ0v) is 17.9. The van der Waals surface area contributed by atoms with Crippen LogP contribution in [0.2, 0.25) is 0 Å². The van der Waals surface area contributed by atoms with Crippen molar-refractivity contribution in [1.82, 2.24) is 9.78 Å². The molecule has 0 atom stereocenters. The van der Waals surface area contributed by atoms with E-state index in [1.54, 1.807) is 0 Å². The molecule has 0 fully saturated rings. The normalized spacial score (nSPS) is 11.6. The van der Waals surface area contributed by atoms with Gasteiger partial charge in [-0.1, -0.05) is 26.8 Å². The molecular formula is C22H20N4O7. The summed E-state index contributed by atoms with van der Waals surface area (Å²) >= 11 is 0. The Bertz CT molecular complexity index is 1330. The van der Waals surface area contributed by atoms with E-state index >= 15 is 0 Å². The number of carbonyl (C=O) groups is 3. The van der Waals surface area contributed by atoms with Crippen LogP contribution in [0.4, 0.5) is 11.4 Å². The highest BCUT2D eigenvalue weighted by molar-refractivity contribution is 5.94. The summed E-state index contributed by atoms with van der Waals surface area (Å²) < 4.78 is 1.00. The predicted molar refractivity (Wildman–Crippen MR) is 117 cm³/mol. The maximum atomic E-state index is 13.2. The summed E-state index contributed by atoms with van der Waals surface area (Å²) in [5.74, 6) is -3.85. The van der Waals surface area contributed by atoms with Gasteiger partial charge in [0, 0.05) is 5.41 Å². The molecule has 0 unspecified atom stereocenters. The summed E-state index contributed by atoms with van der Waals surface area (Å²) in [7, 11) is 0. The van der Waals surface area contributed by atoms with Crippen LogP contribution in [0.1, 0.15) is 57.5 Å². The van der Waals surface area contributed by atoms with Gasteiger partial charge in [-0.15, -0.1) is 5.11 Å². The summed E-state index contributed by atoms with van der Waals surface area (Å²) in [4.78, 5) is 47.2. The molecule has 0 bridgehead atoms. The Morgan fingerprint density at radius 3 is 1.94 bits per heavy atom. The van der Waals surface area contributed by atoms with Crippen molar-refractivity contribution in [1.29, 1.82) is 0 Å². The lowest BCUT2D eigenvalue weighted by Crippen LogP contribution is -2.16. The Hall–Kier alpha value is -4.54. The van der Waals surface area contributed by atoms with E-state index in [1.165, 1.54) is 24.3 Å². The van der Waals surface area contributed by atoms with Gasteiger partial charge < -0.3 is 15.3 Å². The molecule has 11 nitrogen and oxygen atoms in total. The molecule has 4 N–H and O–H groups in total. The lowest BCUT2D eigenvalue weighted by molar-refractivity contribution is 0.0682. The number of carboxylic acids is 3. The molecule has 2 aromatic carbocycles. The molecule has 1 heterocycles. The van der Waals surface area contributed by atoms with Crippen LogP contribution < -0.4 is 5.56 Å². The number of benzene rings is 2. The van der Waals surface area contributed by atoms with Gasteiger partial charge in [-0.2, -0.15) is 5.11 Å². The highest BCUT2D eigenvalue weighted by Crippen LogP contribution is 2.30. The topological polar surface area (TPSA) is 174 Å². The maximum Gasteiger partial charge on any atom is 0.335 e. The third kappa shape index (κ3) is 4.87. The minimum atomic E-state index is -1.35. The van der Waals surface area contributed by atoms with Crippen molar-refractivity contribution in [2.75, 3.05) is 0 Å². The summed E-state index contributed by atoms with van der Waals surface area (Å²) in [6.45, 7) is 5.43. The Morgan fingerprint density at radius 2 is 1.42 bits per heavy atom. The summed E-state index contributed by atoms with van der Waals surface area (Å²) in [6.07, 6.45) is 0. The highest BCUT2D eigenvalue weighted by Gasteiger charge is 2.26. The maximum absolute atomic E-state index is 13.2. The zero-order valence-electron chi connectivity index (χ0n) is 17.9. The molecule has 0 amide bonds. The average molecular weight is 452 g/mol. The predicted octanol–water partition coefficient (Wildman–Crippen LogP) is 3.97. The van der Waals surface area contributed by atoms with Crippen molar-refractivity contribution in [3.63, 3.8) is 0 Å². The van der Waals surface area contributed by atoms with Gasteiger partial charge in [0.05, 0.1) is 33.8 Å². The monoisotopic (exact) mass is 452 g/mol. The Labute approximate surface area is 186 Å². The minimum Gasteiger partial charge on any atom is -0.478 e. The largest absolute Gasteiger partial charge is 0.478 e. The molecule has 170 valence electrons. The van der Waals surface area contributed by atoms with Crippen molar-refractivity contribution in [2.45, 2.75) is 26.2 Å². The van der Waals surface area contributed by atoms with Gasteiger partial charge in [0.2, 0.25) is 0 Å². The van der Waals surface area contributed by atoms with E-state index < -0.39 is 28.9 Å². The zero-order chi connectivity index (χ0) is 24.5. The van der Waals surface area contributed by atoms with Gasteiger partial charge in [0.1, 0.15) is 0 Å². The van der Waals surface area contributed by atoms with E-state index in [2.05, 4.69) is 15.3 Å². The van der Waals surface area contributed by atoms with Crippen molar-refractivity contribution in [2.24, 2.45) is 10.2 Å². The Balaban J connectivity index is 2.19. The third-order valence-corrected chi connectivity index (χ3v) is 4.64. The molecule has 0 saturated carbocycles. The number of carboxylic acid groups (broad SMARTS) is 3. The smallest absolute Gasteiger partial charge is 0.335 e. The lowest BCUT2D eigenvalue weighted by Gasteiger charge is -2.16. The van der Waals surface area contributed by atoms with E-state index in [4.69, 9.17) is 5.11 Å². The number of aromatic carboxylic acids is 3. The van der Waals surface area contributed by atoms with E-state index in [0.717, 1.165) is 22.9 Å².